The number of nitrogens with one attached hydrogen (secondary N) is 2. The summed E-state index contributed by atoms with van der Waals surface area (Å²) in [4.78, 5) is 23.8. The maximum absolute atomic E-state index is 13.1. The molecule has 0 heterocycles. The van der Waals surface area contributed by atoms with Crippen LogP contribution >= 0.6 is 0 Å². The van der Waals surface area contributed by atoms with E-state index in [0.717, 1.165) is 20.3 Å². The second-order valence-corrected chi connectivity index (χ2v) is 10.9. The zero-order valence-electron chi connectivity index (χ0n) is 19.3. The summed E-state index contributed by atoms with van der Waals surface area (Å²) in [5, 5.41) is 0. The van der Waals surface area contributed by atoms with Crippen molar-refractivity contribution in [3.63, 3.8) is 0 Å². The molecule has 10 nitrogen and oxygen atoms in total. The topological polar surface area (TPSA) is 145 Å². The Morgan fingerprint density at radius 3 is 1.31 bits per heavy atom. The minimum atomic E-state index is -4.38. The first-order chi connectivity index (χ1) is 17.1. The van der Waals surface area contributed by atoms with Gasteiger partial charge in [-0.3, -0.25) is 0 Å². The van der Waals surface area contributed by atoms with Crippen LogP contribution in [0.15, 0.2) is 94.7 Å². The van der Waals surface area contributed by atoms with Gasteiger partial charge in [0.15, 0.2) is 0 Å². The molecule has 0 aliphatic rings. The van der Waals surface area contributed by atoms with Crippen LogP contribution < -0.4 is 9.44 Å². The summed E-state index contributed by atoms with van der Waals surface area (Å²) in [6.07, 6.45) is 0. The molecule has 3 rings (SSSR count). The molecule has 3 aromatic rings. The summed E-state index contributed by atoms with van der Waals surface area (Å²) in [5.41, 5.74) is 0.671. The molecule has 0 aliphatic heterocycles. The largest absolute Gasteiger partial charge is 0.468 e. The number of carbonyl (C=O) groups excluding carboxylic acids is 2. The van der Waals surface area contributed by atoms with Crippen molar-refractivity contribution in [3.05, 3.63) is 96.1 Å². The van der Waals surface area contributed by atoms with Crippen molar-refractivity contribution in [2.75, 3.05) is 14.2 Å². The summed E-state index contributed by atoms with van der Waals surface area (Å²) in [6.45, 7) is 0. The number of hydrogen-bond donors (Lipinski definition) is 2. The molecule has 0 bridgehead atoms. The molecule has 0 aromatic heterocycles. The Bertz CT molecular complexity index is 1320. The first-order valence-electron chi connectivity index (χ1n) is 10.5. The van der Waals surface area contributed by atoms with Crippen LogP contribution in [0.25, 0.3) is 0 Å². The van der Waals surface area contributed by atoms with Gasteiger partial charge in [0.05, 0.1) is 24.0 Å². The molecule has 190 valence electrons. The zero-order valence-corrected chi connectivity index (χ0v) is 21.0. The standard InChI is InChI=1S/C24H24N2O8S2/c1-33-23(27)21(17-10-5-3-6-11-17)25-35(29,30)19-14-9-15-20(16-19)36(31,32)26-22(24(28)34-2)18-12-7-4-8-13-18/h3-16,21-22,25-26H,1-2H3. The van der Waals surface area contributed by atoms with E-state index in [2.05, 4.69) is 9.44 Å². The molecule has 0 radical (unpaired) electrons. The average Bonchev–Trinajstić information content (AvgIpc) is 2.90. The fourth-order valence-electron chi connectivity index (χ4n) is 3.29. The van der Waals surface area contributed by atoms with Gasteiger partial charge in [0.1, 0.15) is 12.1 Å². The molecule has 0 saturated carbocycles. The number of methoxy groups -OCH3 is 2. The molecular formula is C24H24N2O8S2. The van der Waals surface area contributed by atoms with Crippen molar-refractivity contribution < 1.29 is 35.9 Å². The summed E-state index contributed by atoms with van der Waals surface area (Å²) < 4.78 is 66.4. The van der Waals surface area contributed by atoms with Crippen molar-refractivity contribution >= 4 is 32.0 Å². The van der Waals surface area contributed by atoms with E-state index in [4.69, 9.17) is 9.47 Å². The molecular weight excluding hydrogens is 508 g/mol. The molecule has 2 N–H and O–H groups in total. The van der Waals surface area contributed by atoms with E-state index in [1.165, 1.54) is 18.2 Å². The van der Waals surface area contributed by atoms with Gasteiger partial charge in [-0.05, 0) is 29.3 Å². The Balaban J connectivity index is 1.94. The predicted octanol–water partition coefficient (Wildman–Crippen LogP) is 2.07. The van der Waals surface area contributed by atoms with Crippen LogP contribution in [0.2, 0.25) is 0 Å². The number of rotatable bonds is 10. The van der Waals surface area contributed by atoms with Gasteiger partial charge >= 0.3 is 11.9 Å². The van der Waals surface area contributed by atoms with Crippen LogP contribution in [0.1, 0.15) is 23.2 Å². The lowest BCUT2D eigenvalue weighted by Crippen LogP contribution is -2.35. The Morgan fingerprint density at radius 1 is 0.611 bits per heavy atom. The minimum absolute atomic E-state index is 0.335. The van der Waals surface area contributed by atoms with E-state index < -0.39 is 53.9 Å². The number of carbonyl (C=O) groups is 2. The highest BCUT2D eigenvalue weighted by molar-refractivity contribution is 7.90. The molecule has 0 saturated heterocycles. The number of esters is 2. The number of benzene rings is 3. The Kier molecular flexibility index (Phi) is 8.58. The van der Waals surface area contributed by atoms with E-state index >= 15 is 0 Å². The summed E-state index contributed by atoms with van der Waals surface area (Å²) in [5.74, 6) is -1.70. The van der Waals surface area contributed by atoms with E-state index in [0.29, 0.717) is 11.1 Å². The molecule has 0 spiro atoms. The Labute approximate surface area is 209 Å². The maximum Gasteiger partial charge on any atom is 0.328 e. The van der Waals surface area contributed by atoms with Gasteiger partial charge < -0.3 is 9.47 Å². The van der Waals surface area contributed by atoms with Crippen molar-refractivity contribution in [2.24, 2.45) is 0 Å². The smallest absolute Gasteiger partial charge is 0.328 e. The summed E-state index contributed by atoms with van der Waals surface area (Å²) in [6, 6.07) is 17.9. The number of sulfonamides is 2. The van der Waals surface area contributed by atoms with Crippen LogP contribution in [-0.4, -0.2) is 43.0 Å². The number of ether oxygens (including phenoxy) is 2. The summed E-state index contributed by atoms with van der Waals surface area (Å²) in [7, 11) is -6.52. The lowest BCUT2D eigenvalue weighted by molar-refractivity contribution is -0.143. The van der Waals surface area contributed by atoms with E-state index in [1.807, 2.05) is 0 Å². The molecule has 2 atom stereocenters. The van der Waals surface area contributed by atoms with E-state index in [9.17, 15) is 26.4 Å². The molecule has 0 amide bonds. The monoisotopic (exact) mass is 532 g/mol. The van der Waals surface area contributed by atoms with Crippen molar-refractivity contribution in [2.45, 2.75) is 21.9 Å². The molecule has 0 aliphatic carbocycles. The highest BCUT2D eigenvalue weighted by Gasteiger charge is 2.31. The fraction of sp³-hybridized carbons (Fsp3) is 0.167. The quantitative estimate of drug-likeness (QED) is 0.378. The first kappa shape index (κ1) is 27.0. The van der Waals surface area contributed by atoms with E-state index in [1.54, 1.807) is 60.7 Å². The van der Waals surface area contributed by atoms with Gasteiger partial charge in [-0.2, -0.15) is 9.44 Å². The maximum atomic E-state index is 13.1. The SMILES string of the molecule is COC(=O)C(NS(=O)(=O)c1cccc(S(=O)(=O)NC(C(=O)OC)c2ccccc2)c1)c1ccccc1. The van der Waals surface area contributed by atoms with Crippen LogP contribution in [0.3, 0.4) is 0 Å². The van der Waals surface area contributed by atoms with Gasteiger partial charge in [0.25, 0.3) is 0 Å². The Hall–Kier alpha value is -3.58. The third kappa shape index (κ3) is 6.34. The van der Waals surface area contributed by atoms with Gasteiger partial charge in [0.2, 0.25) is 20.0 Å². The van der Waals surface area contributed by atoms with E-state index in [-0.39, 0.29) is 0 Å². The predicted molar refractivity (Wildman–Crippen MR) is 129 cm³/mol. The highest BCUT2D eigenvalue weighted by Crippen LogP contribution is 2.23. The average molecular weight is 533 g/mol. The van der Waals surface area contributed by atoms with Crippen molar-refractivity contribution in [1.29, 1.82) is 0 Å². The zero-order chi connectivity index (χ0) is 26.3. The van der Waals surface area contributed by atoms with Crippen LogP contribution in [0.4, 0.5) is 0 Å². The normalized spacial score (nSPS) is 13.4. The second kappa shape index (κ2) is 11.4. The second-order valence-electron chi connectivity index (χ2n) is 7.45. The fourth-order valence-corrected chi connectivity index (χ4v) is 5.80. The van der Waals surface area contributed by atoms with Gasteiger partial charge in [-0.25, -0.2) is 26.4 Å². The lowest BCUT2D eigenvalue weighted by atomic mass is 10.1. The van der Waals surface area contributed by atoms with Gasteiger partial charge in [-0.15, -0.1) is 0 Å². The minimum Gasteiger partial charge on any atom is -0.468 e. The van der Waals surface area contributed by atoms with Gasteiger partial charge in [0, 0.05) is 0 Å². The molecule has 12 heteroatoms. The van der Waals surface area contributed by atoms with Crippen molar-refractivity contribution in [3.8, 4) is 0 Å². The molecule has 3 aromatic carbocycles. The van der Waals surface area contributed by atoms with Gasteiger partial charge in [-0.1, -0.05) is 66.7 Å². The first-order valence-corrected chi connectivity index (χ1v) is 13.5. The van der Waals surface area contributed by atoms with Crippen LogP contribution in [0, 0.1) is 0 Å². The van der Waals surface area contributed by atoms with Crippen molar-refractivity contribution in [1.82, 2.24) is 9.44 Å². The Morgan fingerprint density at radius 2 is 0.972 bits per heavy atom. The molecule has 36 heavy (non-hydrogen) atoms. The lowest BCUT2D eigenvalue weighted by Gasteiger charge is -2.18. The highest BCUT2D eigenvalue weighted by atomic mass is 32.2. The third-order valence-corrected chi connectivity index (χ3v) is 7.95. The van der Waals surface area contributed by atoms with Crippen LogP contribution in [0.5, 0.6) is 0 Å². The molecule has 0 fully saturated rings. The third-order valence-electron chi connectivity index (χ3n) is 5.11. The summed E-state index contributed by atoms with van der Waals surface area (Å²) >= 11 is 0. The van der Waals surface area contributed by atoms with Crippen LogP contribution in [-0.2, 0) is 39.1 Å². The molecule has 2 unspecified atom stereocenters. The number of hydrogen-bond acceptors (Lipinski definition) is 8.